The molecule has 0 atom stereocenters. The Morgan fingerprint density at radius 3 is 1.91 bits per heavy atom. The lowest BCUT2D eigenvalue weighted by molar-refractivity contribution is 0.485. The quantitative estimate of drug-likeness (QED) is 0.378. The highest BCUT2D eigenvalue weighted by Crippen LogP contribution is 2.05. The average molecular weight is 179 g/mol. The summed E-state index contributed by atoms with van der Waals surface area (Å²) in [5.74, 6) is 0. The smallest absolute Gasteiger partial charge is 0.308 e. The molecule has 0 aliphatic rings. The van der Waals surface area contributed by atoms with Gasteiger partial charge in [-0.15, -0.1) is 0 Å². The van der Waals surface area contributed by atoms with Gasteiger partial charge in [-0.3, -0.25) is 5.50 Å². The van der Waals surface area contributed by atoms with Crippen molar-refractivity contribution in [2.75, 3.05) is 0 Å². The lowest BCUT2D eigenvalue weighted by Crippen LogP contribution is -1.81. The average Bonchev–Trinajstić information content (AvgIpc) is 1.87. The Kier molecular flexibility index (Phi) is 5.68. The fourth-order valence-electron chi connectivity index (χ4n) is 0.281. The van der Waals surface area contributed by atoms with E-state index in [-0.39, 0.29) is 0 Å². The van der Waals surface area contributed by atoms with E-state index in [4.69, 9.17) is 9.79 Å². The van der Waals surface area contributed by atoms with E-state index in [0.717, 1.165) is 0 Å². The third-order valence-corrected chi connectivity index (χ3v) is 0.534. The third-order valence-electron chi connectivity index (χ3n) is 0.534. The van der Waals surface area contributed by atoms with E-state index in [1.165, 1.54) is 12.4 Å². The summed E-state index contributed by atoms with van der Waals surface area (Å²) in [5.41, 5.74) is 4.29. The Balaban J connectivity index is 0.000000218. The summed E-state index contributed by atoms with van der Waals surface area (Å²) in [7, 11) is -2.12. The number of halogens is 1. The first-order valence-corrected chi connectivity index (χ1v) is 3.79. The van der Waals surface area contributed by atoms with E-state index in [0.29, 0.717) is 0 Å². The van der Waals surface area contributed by atoms with Crippen molar-refractivity contribution in [3.63, 3.8) is 0 Å². The molecule has 1 rings (SSSR count). The van der Waals surface area contributed by atoms with E-state index in [2.05, 4.69) is 15.5 Å². The monoisotopic (exact) mass is 179 g/mol. The highest BCUT2D eigenvalue weighted by Gasteiger charge is 1.80. The second kappa shape index (κ2) is 6.06. The Hall–Kier alpha value is -0.680. The molecule has 5 nitrogen and oxygen atoms in total. The van der Waals surface area contributed by atoms with Gasteiger partial charge in [-0.1, -0.05) is 0 Å². The van der Waals surface area contributed by atoms with Crippen LogP contribution >= 0.6 is 8.53 Å². The van der Waals surface area contributed by atoms with Crippen molar-refractivity contribution in [2.45, 2.75) is 0 Å². The zero-order valence-electron chi connectivity index (χ0n) is 5.42. The van der Waals surface area contributed by atoms with Gasteiger partial charge in [-0.05, 0) is 6.07 Å². The maximum atomic E-state index is 11.7. The lowest BCUT2D eigenvalue weighted by atomic mass is 10.7. The largest absolute Gasteiger partial charge is 0.338 e. The van der Waals surface area contributed by atoms with Gasteiger partial charge in [0.25, 0.3) is 0 Å². The third kappa shape index (κ3) is 9.32. The minimum atomic E-state index is -2.12. The molecule has 0 saturated carbocycles. The summed E-state index contributed by atoms with van der Waals surface area (Å²) < 4.78 is 11.7. The maximum Gasteiger partial charge on any atom is 0.308 e. The van der Waals surface area contributed by atoms with Gasteiger partial charge in [0.15, 0.2) is 0 Å². The SMILES string of the molecule is Fc1ncccn1.NP(O)O. The highest BCUT2D eigenvalue weighted by atomic mass is 31.2. The molecule has 0 radical (unpaired) electrons. The number of hydrogen-bond acceptors (Lipinski definition) is 5. The van der Waals surface area contributed by atoms with Crippen LogP contribution in [0.2, 0.25) is 0 Å². The fraction of sp³-hybridized carbons (Fsp3) is 0. The van der Waals surface area contributed by atoms with Gasteiger partial charge in [0, 0.05) is 12.4 Å². The molecule has 11 heavy (non-hydrogen) atoms. The molecule has 0 fully saturated rings. The minimum absolute atomic E-state index is 0.678. The Morgan fingerprint density at radius 2 is 1.73 bits per heavy atom. The molecular weight excluding hydrogens is 172 g/mol. The molecule has 0 unspecified atom stereocenters. The second-order valence-electron chi connectivity index (χ2n) is 1.34. The number of nitrogens with two attached hydrogens (primary N) is 1. The molecule has 0 spiro atoms. The van der Waals surface area contributed by atoms with Gasteiger partial charge in [0.05, 0.1) is 0 Å². The summed E-state index contributed by atoms with van der Waals surface area (Å²) in [6, 6.07) is 1.56. The van der Waals surface area contributed by atoms with Crippen LogP contribution in [0.25, 0.3) is 0 Å². The van der Waals surface area contributed by atoms with E-state index >= 15 is 0 Å². The predicted octanol–water partition coefficient (Wildman–Crippen LogP) is -0.228. The van der Waals surface area contributed by atoms with Crippen LogP contribution in [-0.4, -0.2) is 19.8 Å². The summed E-state index contributed by atoms with van der Waals surface area (Å²) in [6.07, 6.45) is 2.02. The first-order valence-electron chi connectivity index (χ1n) is 2.48. The zero-order valence-corrected chi connectivity index (χ0v) is 6.32. The van der Waals surface area contributed by atoms with E-state index < -0.39 is 14.6 Å². The van der Waals surface area contributed by atoms with Gasteiger partial charge in [0.2, 0.25) is 8.53 Å². The number of aromatic nitrogens is 2. The first-order chi connectivity index (χ1) is 5.13. The van der Waals surface area contributed by atoms with Crippen molar-refractivity contribution < 1.29 is 14.2 Å². The van der Waals surface area contributed by atoms with Crippen molar-refractivity contribution in [1.29, 1.82) is 0 Å². The van der Waals surface area contributed by atoms with Crippen LogP contribution in [0.4, 0.5) is 4.39 Å². The summed E-state index contributed by atoms with van der Waals surface area (Å²) in [6.45, 7) is 0. The molecule has 0 saturated heterocycles. The molecule has 0 aliphatic heterocycles. The van der Waals surface area contributed by atoms with Crippen molar-refractivity contribution in [2.24, 2.45) is 5.50 Å². The molecule has 1 aromatic heterocycles. The van der Waals surface area contributed by atoms with Gasteiger partial charge in [0.1, 0.15) is 0 Å². The molecule has 1 aromatic rings. The molecule has 62 valence electrons. The van der Waals surface area contributed by atoms with Crippen LogP contribution in [0.1, 0.15) is 0 Å². The Bertz CT molecular complexity index is 183. The molecule has 0 aliphatic carbocycles. The van der Waals surface area contributed by atoms with Crippen LogP contribution < -0.4 is 5.50 Å². The number of nitrogens with zero attached hydrogens (tertiary/aromatic N) is 2. The van der Waals surface area contributed by atoms with Crippen LogP contribution in [-0.2, 0) is 0 Å². The Labute approximate surface area is 63.7 Å². The summed E-state index contributed by atoms with van der Waals surface area (Å²) in [5, 5.41) is 0. The molecule has 0 bridgehead atoms. The maximum absolute atomic E-state index is 11.7. The number of hydrogen-bond donors (Lipinski definition) is 3. The highest BCUT2D eigenvalue weighted by molar-refractivity contribution is 7.42. The molecule has 4 N–H and O–H groups in total. The number of rotatable bonds is 0. The van der Waals surface area contributed by atoms with E-state index in [1.807, 2.05) is 0 Å². The molecule has 0 aromatic carbocycles. The fourth-order valence-corrected chi connectivity index (χ4v) is 0.281. The Morgan fingerprint density at radius 1 is 1.36 bits per heavy atom. The topological polar surface area (TPSA) is 92.3 Å². The van der Waals surface area contributed by atoms with Crippen molar-refractivity contribution >= 4 is 8.53 Å². The van der Waals surface area contributed by atoms with Gasteiger partial charge in [-0.2, -0.15) is 4.39 Å². The molecule has 0 amide bonds. The molecular formula is C4H7FN3O2P. The van der Waals surface area contributed by atoms with Crippen LogP contribution in [0, 0.1) is 6.08 Å². The van der Waals surface area contributed by atoms with Gasteiger partial charge >= 0.3 is 6.08 Å². The van der Waals surface area contributed by atoms with Gasteiger partial charge in [-0.25, -0.2) is 9.97 Å². The van der Waals surface area contributed by atoms with Crippen molar-refractivity contribution in [1.82, 2.24) is 9.97 Å². The zero-order chi connectivity index (χ0) is 8.69. The molecule has 1 heterocycles. The summed E-state index contributed by atoms with van der Waals surface area (Å²) >= 11 is 0. The van der Waals surface area contributed by atoms with Crippen LogP contribution in [0.5, 0.6) is 0 Å². The first kappa shape index (κ1) is 10.3. The molecule has 7 heteroatoms. The van der Waals surface area contributed by atoms with Gasteiger partial charge < -0.3 is 9.79 Å². The van der Waals surface area contributed by atoms with Crippen LogP contribution in [0.15, 0.2) is 18.5 Å². The minimum Gasteiger partial charge on any atom is -0.338 e. The van der Waals surface area contributed by atoms with E-state index in [9.17, 15) is 4.39 Å². The van der Waals surface area contributed by atoms with Crippen molar-refractivity contribution in [3.8, 4) is 0 Å². The second-order valence-corrected chi connectivity index (χ2v) is 1.98. The lowest BCUT2D eigenvalue weighted by Gasteiger charge is -1.79. The standard InChI is InChI=1S/C4H3FN2.H4NO2P/c5-4-6-2-1-3-7-4;1-4(2)3/h1-3H;2-3H,1H2. The summed E-state index contributed by atoms with van der Waals surface area (Å²) in [4.78, 5) is 21.3. The predicted molar refractivity (Wildman–Crippen MR) is 37.5 cm³/mol. The van der Waals surface area contributed by atoms with Crippen LogP contribution in [0.3, 0.4) is 0 Å². The van der Waals surface area contributed by atoms with Crippen molar-refractivity contribution in [3.05, 3.63) is 24.5 Å². The normalized spacial score (nSPS) is 8.82. The van der Waals surface area contributed by atoms with E-state index in [1.54, 1.807) is 6.07 Å².